The second-order valence-electron chi connectivity index (χ2n) is 4.36. The third kappa shape index (κ3) is 3.20. The van der Waals surface area contributed by atoms with E-state index in [1.165, 1.54) is 0 Å². The number of amides is 1. The van der Waals surface area contributed by atoms with Gasteiger partial charge in [0.05, 0.1) is 12.2 Å². The number of nitrogens with one attached hydrogen (secondary N) is 1. The molecule has 0 aliphatic carbocycles. The Bertz CT molecular complexity index is 544. The van der Waals surface area contributed by atoms with Crippen LogP contribution >= 0.6 is 0 Å². The third-order valence-corrected chi connectivity index (χ3v) is 2.93. The van der Waals surface area contributed by atoms with E-state index in [1.807, 2.05) is 44.2 Å². The van der Waals surface area contributed by atoms with Gasteiger partial charge in [-0.15, -0.1) is 0 Å². The highest BCUT2D eigenvalue weighted by Gasteiger charge is 2.16. The number of oxazole rings is 1. The van der Waals surface area contributed by atoms with E-state index < -0.39 is 6.04 Å². The third-order valence-electron chi connectivity index (χ3n) is 2.93. The molecule has 0 spiro atoms. The van der Waals surface area contributed by atoms with Crippen molar-refractivity contribution in [2.45, 2.75) is 26.4 Å². The largest absolute Gasteiger partial charge is 0.444 e. The molecule has 1 atom stereocenters. The average molecular weight is 259 g/mol. The molecule has 0 bridgehead atoms. The summed E-state index contributed by atoms with van der Waals surface area (Å²) < 4.78 is 5.38. The molecule has 0 aliphatic heterocycles. The Morgan fingerprint density at radius 3 is 2.63 bits per heavy atom. The molecule has 0 fully saturated rings. The smallest absolute Gasteiger partial charge is 0.241 e. The molecule has 19 heavy (non-hydrogen) atoms. The van der Waals surface area contributed by atoms with Crippen LogP contribution in [0.3, 0.4) is 0 Å². The monoisotopic (exact) mass is 259 g/mol. The van der Waals surface area contributed by atoms with Crippen LogP contribution in [0.15, 0.2) is 34.7 Å². The minimum Gasteiger partial charge on any atom is -0.444 e. The van der Waals surface area contributed by atoms with Crippen molar-refractivity contribution in [3.8, 4) is 0 Å². The fourth-order valence-electron chi connectivity index (χ4n) is 1.70. The van der Waals surface area contributed by atoms with E-state index in [-0.39, 0.29) is 12.5 Å². The van der Waals surface area contributed by atoms with Crippen molar-refractivity contribution in [1.29, 1.82) is 0 Å². The highest BCUT2D eigenvalue weighted by molar-refractivity contribution is 5.82. The van der Waals surface area contributed by atoms with Gasteiger partial charge in [0.1, 0.15) is 11.8 Å². The maximum absolute atomic E-state index is 11.9. The zero-order valence-corrected chi connectivity index (χ0v) is 11.0. The van der Waals surface area contributed by atoms with Gasteiger partial charge >= 0.3 is 0 Å². The van der Waals surface area contributed by atoms with Gasteiger partial charge in [-0.3, -0.25) is 4.79 Å². The molecule has 1 heterocycles. The molecule has 3 N–H and O–H groups in total. The topological polar surface area (TPSA) is 81.2 Å². The molecule has 1 aromatic carbocycles. The Balaban J connectivity index is 1.94. The van der Waals surface area contributed by atoms with Crippen LogP contribution in [-0.4, -0.2) is 10.9 Å². The number of hydrogen-bond acceptors (Lipinski definition) is 4. The lowest BCUT2D eigenvalue weighted by Crippen LogP contribution is -2.33. The van der Waals surface area contributed by atoms with Gasteiger partial charge < -0.3 is 15.5 Å². The summed E-state index contributed by atoms with van der Waals surface area (Å²) in [6.07, 6.45) is 0. The molecule has 0 aliphatic rings. The van der Waals surface area contributed by atoms with Gasteiger partial charge in [-0.25, -0.2) is 4.98 Å². The van der Waals surface area contributed by atoms with Crippen molar-refractivity contribution in [3.05, 3.63) is 53.2 Å². The zero-order chi connectivity index (χ0) is 13.8. The van der Waals surface area contributed by atoms with E-state index in [0.717, 1.165) is 17.0 Å². The molecule has 0 saturated heterocycles. The maximum atomic E-state index is 11.9. The summed E-state index contributed by atoms with van der Waals surface area (Å²) >= 11 is 0. The molecule has 1 aromatic heterocycles. The van der Waals surface area contributed by atoms with Crippen LogP contribution in [0.5, 0.6) is 0 Å². The van der Waals surface area contributed by atoms with Gasteiger partial charge in [0.25, 0.3) is 0 Å². The maximum Gasteiger partial charge on any atom is 0.241 e. The summed E-state index contributed by atoms with van der Waals surface area (Å²) in [6, 6.07) is 8.55. The first kappa shape index (κ1) is 13.3. The number of nitrogens with two attached hydrogens (primary N) is 1. The quantitative estimate of drug-likeness (QED) is 0.874. The molecule has 2 aromatic rings. The molecule has 0 unspecified atom stereocenters. The Labute approximate surface area is 111 Å². The molecule has 1 amide bonds. The summed E-state index contributed by atoms with van der Waals surface area (Å²) in [5.41, 5.74) is 7.48. The van der Waals surface area contributed by atoms with Crippen molar-refractivity contribution in [3.63, 3.8) is 0 Å². The molecule has 2 rings (SSSR count). The summed E-state index contributed by atoms with van der Waals surface area (Å²) in [5.74, 6) is 1.000. The lowest BCUT2D eigenvalue weighted by atomic mass is 10.1. The number of benzene rings is 1. The number of aromatic nitrogens is 1. The number of rotatable bonds is 4. The van der Waals surface area contributed by atoms with Gasteiger partial charge in [-0.05, 0) is 19.4 Å². The second kappa shape index (κ2) is 5.67. The van der Waals surface area contributed by atoms with Crippen molar-refractivity contribution in [1.82, 2.24) is 10.3 Å². The predicted octanol–water partition coefficient (Wildman–Crippen LogP) is 1.61. The van der Waals surface area contributed by atoms with E-state index >= 15 is 0 Å². The number of carbonyl (C=O) groups excluding carboxylic acids is 1. The molecular formula is C14H17N3O2. The van der Waals surface area contributed by atoms with E-state index in [4.69, 9.17) is 10.2 Å². The van der Waals surface area contributed by atoms with Crippen LogP contribution in [0.2, 0.25) is 0 Å². The zero-order valence-electron chi connectivity index (χ0n) is 11.0. The molecular weight excluding hydrogens is 242 g/mol. The highest BCUT2D eigenvalue weighted by Crippen LogP contribution is 2.11. The lowest BCUT2D eigenvalue weighted by molar-refractivity contribution is -0.122. The Morgan fingerprint density at radius 2 is 2.05 bits per heavy atom. The van der Waals surface area contributed by atoms with Gasteiger partial charge in [-0.2, -0.15) is 0 Å². The number of carbonyl (C=O) groups is 1. The summed E-state index contributed by atoms with van der Waals surface area (Å²) in [7, 11) is 0. The molecule has 5 heteroatoms. The fraction of sp³-hybridized carbons (Fsp3) is 0.286. The fourth-order valence-corrected chi connectivity index (χ4v) is 1.70. The average Bonchev–Trinajstić information content (AvgIpc) is 2.75. The Kier molecular flexibility index (Phi) is 3.97. The highest BCUT2D eigenvalue weighted by atomic mass is 16.4. The Morgan fingerprint density at radius 1 is 1.37 bits per heavy atom. The summed E-state index contributed by atoms with van der Waals surface area (Å²) in [6.45, 7) is 3.94. The number of aryl methyl sites for hydroxylation is 2. The van der Waals surface area contributed by atoms with Crippen LogP contribution < -0.4 is 11.1 Å². The Hall–Kier alpha value is -2.14. The summed E-state index contributed by atoms with van der Waals surface area (Å²) in [4.78, 5) is 16.1. The lowest BCUT2D eigenvalue weighted by Gasteiger charge is -2.11. The van der Waals surface area contributed by atoms with Crippen LogP contribution in [0.25, 0.3) is 0 Å². The second-order valence-corrected chi connectivity index (χ2v) is 4.36. The molecule has 0 saturated carbocycles. The van der Waals surface area contributed by atoms with Gasteiger partial charge in [0.2, 0.25) is 11.8 Å². The molecule has 100 valence electrons. The molecule has 5 nitrogen and oxygen atoms in total. The van der Waals surface area contributed by atoms with E-state index in [1.54, 1.807) is 0 Å². The van der Waals surface area contributed by atoms with Crippen molar-refractivity contribution in [2.75, 3.05) is 0 Å². The first-order valence-electron chi connectivity index (χ1n) is 6.09. The van der Waals surface area contributed by atoms with Crippen molar-refractivity contribution < 1.29 is 9.21 Å². The normalized spacial score (nSPS) is 12.2. The number of nitrogens with zero attached hydrogens (tertiary/aromatic N) is 1. The number of hydrogen-bond donors (Lipinski definition) is 2. The first-order chi connectivity index (χ1) is 9.08. The van der Waals surface area contributed by atoms with Crippen molar-refractivity contribution in [2.24, 2.45) is 5.73 Å². The van der Waals surface area contributed by atoms with Crippen LogP contribution in [-0.2, 0) is 11.3 Å². The van der Waals surface area contributed by atoms with Crippen LogP contribution in [0.4, 0.5) is 0 Å². The van der Waals surface area contributed by atoms with Gasteiger partial charge in [-0.1, -0.05) is 30.3 Å². The van der Waals surface area contributed by atoms with Crippen LogP contribution in [0.1, 0.15) is 29.0 Å². The van der Waals surface area contributed by atoms with Crippen LogP contribution in [0, 0.1) is 13.8 Å². The van der Waals surface area contributed by atoms with Gasteiger partial charge in [0, 0.05) is 0 Å². The minimum absolute atomic E-state index is 0.244. The minimum atomic E-state index is -0.682. The van der Waals surface area contributed by atoms with E-state index in [0.29, 0.717) is 5.89 Å². The predicted molar refractivity (Wildman–Crippen MR) is 71.2 cm³/mol. The standard InChI is InChI=1S/C14H17N3O2/c1-9-10(2)19-12(17-9)8-16-14(18)13(15)11-6-4-3-5-7-11/h3-7,13H,8,15H2,1-2H3,(H,16,18)/t13-/m0/s1. The first-order valence-corrected chi connectivity index (χ1v) is 6.09. The van der Waals surface area contributed by atoms with E-state index in [9.17, 15) is 4.79 Å². The molecule has 0 radical (unpaired) electrons. The van der Waals surface area contributed by atoms with E-state index in [2.05, 4.69) is 10.3 Å². The van der Waals surface area contributed by atoms with Gasteiger partial charge in [0.15, 0.2) is 0 Å². The van der Waals surface area contributed by atoms with Crippen molar-refractivity contribution >= 4 is 5.91 Å². The summed E-state index contributed by atoms with van der Waals surface area (Å²) in [5, 5.41) is 2.72. The SMILES string of the molecule is Cc1nc(CNC(=O)[C@@H](N)c2ccccc2)oc1C.